The van der Waals surface area contributed by atoms with Crippen LogP contribution in [0.3, 0.4) is 0 Å². The van der Waals surface area contributed by atoms with Crippen molar-refractivity contribution in [1.29, 1.82) is 0 Å². The molecule has 0 radical (unpaired) electrons. The molecule has 1 amide bonds. The zero-order valence-corrected chi connectivity index (χ0v) is 13.2. The van der Waals surface area contributed by atoms with E-state index in [2.05, 4.69) is 19.8 Å². The summed E-state index contributed by atoms with van der Waals surface area (Å²) in [7, 11) is 0. The number of hydrogen-bond donors (Lipinski definition) is 1. The highest BCUT2D eigenvalue weighted by Crippen LogP contribution is 2.21. The molecule has 1 N–H and O–H groups in total. The van der Waals surface area contributed by atoms with Crippen LogP contribution in [0.4, 0.5) is 13.9 Å². The van der Waals surface area contributed by atoms with Gasteiger partial charge in [0, 0.05) is 22.8 Å². The van der Waals surface area contributed by atoms with Gasteiger partial charge in [0.2, 0.25) is 16.2 Å². The molecule has 2 heterocycles. The summed E-state index contributed by atoms with van der Waals surface area (Å²) in [6.45, 7) is 0.407. The molecule has 2 rings (SSSR count). The van der Waals surface area contributed by atoms with Gasteiger partial charge in [-0.1, -0.05) is 11.8 Å². The molecule has 2 aromatic heterocycles. The number of nitrogens with one attached hydrogen (secondary N) is 1. The maximum atomic E-state index is 12.7. The van der Waals surface area contributed by atoms with Crippen LogP contribution < -0.4 is 5.32 Å². The van der Waals surface area contributed by atoms with E-state index in [4.69, 9.17) is 0 Å². The molecule has 0 aromatic carbocycles. The Morgan fingerprint density at radius 3 is 2.71 bits per heavy atom. The first-order valence-corrected chi connectivity index (χ1v) is 7.92. The number of alkyl halides is 2. The van der Waals surface area contributed by atoms with Crippen LogP contribution in [0, 0.1) is 13.8 Å². The lowest BCUT2D eigenvalue weighted by Gasteiger charge is -2.04. The van der Waals surface area contributed by atoms with Gasteiger partial charge in [-0.3, -0.25) is 4.79 Å². The van der Waals surface area contributed by atoms with Crippen LogP contribution in [0.15, 0.2) is 5.16 Å². The molecule has 0 aliphatic rings. The Kier molecular flexibility index (Phi) is 4.88. The van der Waals surface area contributed by atoms with Crippen LogP contribution in [-0.4, -0.2) is 31.3 Å². The van der Waals surface area contributed by atoms with Gasteiger partial charge in [-0.2, -0.15) is 23.2 Å². The summed E-state index contributed by atoms with van der Waals surface area (Å²) in [6.07, 6.45) is 1.80. The first-order chi connectivity index (χ1) is 9.92. The molecule has 0 aliphatic heterocycles. The smallest absolute Gasteiger partial charge is 0.300 e. The Hall–Kier alpha value is -1.55. The molecule has 0 atom stereocenters. The van der Waals surface area contributed by atoms with Crippen molar-refractivity contribution < 1.29 is 13.6 Å². The van der Waals surface area contributed by atoms with Crippen molar-refractivity contribution in [2.45, 2.75) is 32.0 Å². The highest BCUT2D eigenvalue weighted by Gasteiger charge is 2.19. The van der Waals surface area contributed by atoms with Crippen LogP contribution in [0.1, 0.15) is 23.5 Å². The highest BCUT2D eigenvalue weighted by molar-refractivity contribution is 7.98. The lowest BCUT2D eigenvalue weighted by Crippen LogP contribution is -2.15. The second kappa shape index (κ2) is 6.48. The summed E-state index contributed by atoms with van der Waals surface area (Å²) < 4.78 is 30.1. The summed E-state index contributed by atoms with van der Waals surface area (Å²) in [4.78, 5) is 16.0. The second-order valence-electron chi connectivity index (χ2n) is 4.18. The topological polar surface area (TPSA) is 72.7 Å². The molecule has 0 aliphatic carbocycles. The molecule has 0 saturated carbocycles. The Balaban J connectivity index is 2.09. The molecule has 0 unspecified atom stereocenters. The molecule has 6 nitrogen and oxygen atoms in total. The van der Waals surface area contributed by atoms with E-state index >= 15 is 0 Å². The van der Waals surface area contributed by atoms with E-state index in [0.717, 1.165) is 11.5 Å². The summed E-state index contributed by atoms with van der Waals surface area (Å²) in [5, 5.41) is 7.32. The average Bonchev–Trinajstić information content (AvgIpc) is 2.98. The van der Waals surface area contributed by atoms with Gasteiger partial charge in [0.1, 0.15) is 0 Å². The summed E-state index contributed by atoms with van der Waals surface area (Å²) in [6, 6.07) is 0. The van der Waals surface area contributed by atoms with Crippen molar-refractivity contribution in [3.05, 3.63) is 17.0 Å². The number of rotatable bonds is 5. The molecule has 0 bridgehead atoms. The average molecular weight is 333 g/mol. The highest BCUT2D eigenvalue weighted by atomic mass is 32.2. The van der Waals surface area contributed by atoms with Crippen molar-refractivity contribution in [1.82, 2.24) is 19.1 Å². The van der Waals surface area contributed by atoms with E-state index < -0.39 is 6.55 Å². The van der Waals surface area contributed by atoms with E-state index in [0.29, 0.717) is 31.9 Å². The van der Waals surface area contributed by atoms with Gasteiger partial charge in [-0.05, 0) is 20.1 Å². The molecule has 10 heteroatoms. The largest absolute Gasteiger partial charge is 0.333 e. The number of amides is 1. The molecular weight excluding hydrogens is 320 g/mol. The number of carbonyl (C=O) groups excluding carboxylic acids is 1. The standard InChI is InChI=1S/C11H13F2N5OS2/c1-5-7(6(2)18(16-5)9(12)13)4-8(19)14-10-15-11(20-3)17-21-10/h9H,4H2,1-3H3,(H,14,15,17,19). The minimum absolute atomic E-state index is 0.0292. The maximum Gasteiger partial charge on any atom is 0.333 e. The third kappa shape index (κ3) is 3.56. The number of aryl methyl sites for hydroxylation is 1. The van der Waals surface area contributed by atoms with Crippen molar-refractivity contribution in [2.75, 3.05) is 11.6 Å². The zero-order chi connectivity index (χ0) is 15.6. The molecule has 0 saturated heterocycles. The SMILES string of the molecule is CSc1nsc(NC(=O)Cc2c(C)nn(C(F)F)c2C)n1. The predicted molar refractivity (Wildman–Crippen MR) is 77.0 cm³/mol. The third-order valence-corrected chi connectivity index (χ3v) is 4.13. The molecular formula is C11H13F2N5OS2. The second-order valence-corrected chi connectivity index (χ2v) is 5.71. The van der Waals surface area contributed by atoms with Crippen LogP contribution in [0.2, 0.25) is 0 Å². The van der Waals surface area contributed by atoms with E-state index in [9.17, 15) is 13.6 Å². The quantitative estimate of drug-likeness (QED) is 0.852. The summed E-state index contributed by atoms with van der Waals surface area (Å²) >= 11 is 2.45. The zero-order valence-electron chi connectivity index (χ0n) is 11.6. The minimum atomic E-state index is -2.71. The first kappa shape index (κ1) is 15.8. The van der Waals surface area contributed by atoms with Gasteiger partial charge in [0.05, 0.1) is 12.1 Å². The first-order valence-electron chi connectivity index (χ1n) is 5.92. The normalized spacial score (nSPS) is 11.1. The Morgan fingerprint density at radius 2 is 2.19 bits per heavy atom. The van der Waals surface area contributed by atoms with E-state index in [-0.39, 0.29) is 12.3 Å². The Morgan fingerprint density at radius 1 is 1.48 bits per heavy atom. The van der Waals surface area contributed by atoms with Crippen molar-refractivity contribution >= 4 is 34.3 Å². The van der Waals surface area contributed by atoms with Crippen molar-refractivity contribution in [3.63, 3.8) is 0 Å². The minimum Gasteiger partial charge on any atom is -0.300 e. The number of aromatic nitrogens is 4. The lowest BCUT2D eigenvalue weighted by atomic mass is 10.1. The van der Waals surface area contributed by atoms with Crippen LogP contribution in [0.5, 0.6) is 0 Å². The molecule has 2 aromatic rings. The van der Waals surface area contributed by atoms with Crippen molar-refractivity contribution in [2.24, 2.45) is 0 Å². The van der Waals surface area contributed by atoms with Crippen molar-refractivity contribution in [3.8, 4) is 0 Å². The van der Waals surface area contributed by atoms with E-state index in [1.54, 1.807) is 6.92 Å². The number of halogens is 2. The fourth-order valence-electron chi connectivity index (χ4n) is 1.81. The number of thioether (sulfide) groups is 1. The predicted octanol–water partition coefficient (Wildman–Crippen LogP) is 2.65. The van der Waals surface area contributed by atoms with Gasteiger partial charge in [-0.25, -0.2) is 4.68 Å². The fourth-order valence-corrected chi connectivity index (χ4v) is 2.95. The van der Waals surface area contributed by atoms with Gasteiger partial charge < -0.3 is 5.32 Å². The Bertz CT molecular complexity index is 655. The van der Waals surface area contributed by atoms with Gasteiger partial charge in [-0.15, -0.1) is 0 Å². The van der Waals surface area contributed by atoms with Gasteiger partial charge >= 0.3 is 6.55 Å². The summed E-state index contributed by atoms with van der Waals surface area (Å²) in [5.41, 5.74) is 1.21. The number of carbonyl (C=O) groups is 1. The number of hydrogen-bond acceptors (Lipinski definition) is 6. The summed E-state index contributed by atoms with van der Waals surface area (Å²) in [5.74, 6) is -0.334. The molecule has 21 heavy (non-hydrogen) atoms. The molecule has 0 fully saturated rings. The number of anilines is 1. The number of nitrogens with zero attached hydrogens (tertiary/aromatic N) is 4. The maximum absolute atomic E-state index is 12.7. The van der Waals surface area contributed by atoms with Gasteiger partial charge in [0.15, 0.2) is 0 Å². The van der Waals surface area contributed by atoms with Crippen LogP contribution in [0.25, 0.3) is 0 Å². The third-order valence-electron chi connectivity index (χ3n) is 2.83. The van der Waals surface area contributed by atoms with E-state index in [1.165, 1.54) is 18.7 Å². The lowest BCUT2D eigenvalue weighted by molar-refractivity contribution is -0.115. The molecule has 0 spiro atoms. The van der Waals surface area contributed by atoms with Crippen LogP contribution >= 0.6 is 23.3 Å². The van der Waals surface area contributed by atoms with Crippen LogP contribution in [-0.2, 0) is 11.2 Å². The molecule has 114 valence electrons. The Labute approximate surface area is 128 Å². The van der Waals surface area contributed by atoms with Gasteiger partial charge in [0.25, 0.3) is 0 Å². The van der Waals surface area contributed by atoms with E-state index in [1.807, 2.05) is 6.26 Å². The fraction of sp³-hybridized carbons (Fsp3) is 0.455. The monoisotopic (exact) mass is 333 g/mol.